The number of carbonyl (C=O) groups excluding carboxylic acids is 4. The maximum atomic E-state index is 13.9. The average Bonchev–Trinajstić information content (AvgIpc) is 3.20. The van der Waals surface area contributed by atoms with Gasteiger partial charge in [-0.05, 0) is 43.9 Å². The third kappa shape index (κ3) is 6.76. The van der Waals surface area contributed by atoms with Gasteiger partial charge in [0.25, 0.3) is 0 Å². The second-order valence-electron chi connectivity index (χ2n) is 10.5. The standard InChI is InChI=1S/C31H35Cl2N3O4/c1-3-20(2)34-29(38)27(18-21-10-5-4-6-11-21)36(19-24-25(32)14-9-15-26(24)33)28(37)16-17-35-30(39)22-12-7-8-13-23(22)31(35)40/h4-11,14-15,20,22-23,27H,3,12-13,16-19H2,1-2H3,(H,34,38)/t20-,22-,23+,27+/m1/s1. The first-order valence-electron chi connectivity index (χ1n) is 13.8. The van der Waals surface area contributed by atoms with Crippen LogP contribution >= 0.6 is 23.2 Å². The zero-order valence-electron chi connectivity index (χ0n) is 22.8. The Bertz CT molecular complexity index is 1240. The third-order valence-electron chi connectivity index (χ3n) is 7.81. The molecule has 4 rings (SSSR count). The Hall–Kier alpha value is -3.16. The van der Waals surface area contributed by atoms with Gasteiger partial charge in [-0.1, -0.05) is 78.7 Å². The number of nitrogens with one attached hydrogen (secondary N) is 1. The highest BCUT2D eigenvalue weighted by Gasteiger charge is 2.47. The lowest BCUT2D eigenvalue weighted by Gasteiger charge is -2.33. The normalized spacial score (nSPS) is 19.8. The summed E-state index contributed by atoms with van der Waals surface area (Å²) < 4.78 is 0. The molecule has 40 heavy (non-hydrogen) atoms. The topological polar surface area (TPSA) is 86.8 Å². The van der Waals surface area contributed by atoms with Crippen LogP contribution in [0.3, 0.4) is 0 Å². The van der Waals surface area contributed by atoms with E-state index in [9.17, 15) is 19.2 Å². The third-order valence-corrected chi connectivity index (χ3v) is 8.52. The number of rotatable bonds is 11. The van der Waals surface area contributed by atoms with Gasteiger partial charge in [-0.15, -0.1) is 0 Å². The zero-order chi connectivity index (χ0) is 28.8. The van der Waals surface area contributed by atoms with Crippen molar-refractivity contribution in [3.63, 3.8) is 0 Å². The Labute approximate surface area is 245 Å². The lowest BCUT2D eigenvalue weighted by atomic mass is 9.85. The summed E-state index contributed by atoms with van der Waals surface area (Å²) in [5.41, 5.74) is 1.41. The smallest absolute Gasteiger partial charge is 0.243 e. The molecule has 4 atom stereocenters. The fraction of sp³-hybridized carbons (Fsp3) is 0.419. The largest absolute Gasteiger partial charge is 0.352 e. The highest BCUT2D eigenvalue weighted by atomic mass is 35.5. The van der Waals surface area contributed by atoms with Gasteiger partial charge in [0.2, 0.25) is 23.6 Å². The van der Waals surface area contributed by atoms with E-state index in [1.54, 1.807) is 18.2 Å². The van der Waals surface area contributed by atoms with Crippen molar-refractivity contribution < 1.29 is 19.2 Å². The van der Waals surface area contributed by atoms with Gasteiger partial charge in [0, 0.05) is 47.6 Å². The summed E-state index contributed by atoms with van der Waals surface area (Å²) in [6, 6.07) is 13.6. The van der Waals surface area contributed by atoms with Gasteiger partial charge < -0.3 is 10.2 Å². The van der Waals surface area contributed by atoms with Crippen molar-refractivity contribution >= 4 is 46.8 Å². The van der Waals surface area contributed by atoms with Gasteiger partial charge >= 0.3 is 0 Å². The number of imide groups is 1. The zero-order valence-corrected chi connectivity index (χ0v) is 24.3. The molecular weight excluding hydrogens is 549 g/mol. The SMILES string of the molecule is CC[C@@H](C)NC(=O)[C@H](Cc1ccccc1)N(Cc1c(Cl)cccc1Cl)C(=O)CCN1C(=O)[C@H]2CC=CC[C@H]2C1=O. The molecule has 1 aliphatic carbocycles. The quantitative estimate of drug-likeness (QED) is 0.291. The van der Waals surface area contributed by atoms with Gasteiger partial charge in [0.1, 0.15) is 6.04 Å². The number of likely N-dealkylation sites (tertiary alicyclic amines) is 1. The lowest BCUT2D eigenvalue weighted by Crippen LogP contribution is -2.52. The maximum absolute atomic E-state index is 13.9. The summed E-state index contributed by atoms with van der Waals surface area (Å²) in [5, 5.41) is 3.78. The number of allylic oxidation sites excluding steroid dienone is 2. The Morgan fingerprint density at radius 2 is 1.57 bits per heavy atom. The van der Waals surface area contributed by atoms with E-state index in [0.717, 1.165) is 12.0 Å². The average molecular weight is 585 g/mol. The summed E-state index contributed by atoms with van der Waals surface area (Å²) in [5.74, 6) is -1.85. The van der Waals surface area contributed by atoms with Crippen LogP contribution in [0, 0.1) is 11.8 Å². The fourth-order valence-electron chi connectivity index (χ4n) is 5.29. The van der Waals surface area contributed by atoms with E-state index in [-0.39, 0.29) is 67.4 Å². The molecule has 2 aromatic rings. The van der Waals surface area contributed by atoms with Gasteiger partial charge in [-0.25, -0.2) is 0 Å². The van der Waals surface area contributed by atoms with Crippen molar-refractivity contribution in [2.45, 2.75) is 64.6 Å². The van der Waals surface area contributed by atoms with Gasteiger partial charge in [0.15, 0.2) is 0 Å². The lowest BCUT2D eigenvalue weighted by molar-refractivity contribution is -0.144. The van der Waals surface area contributed by atoms with Crippen LogP contribution in [-0.4, -0.2) is 52.1 Å². The van der Waals surface area contributed by atoms with E-state index >= 15 is 0 Å². The van der Waals surface area contributed by atoms with Gasteiger partial charge in [-0.3, -0.25) is 24.1 Å². The van der Waals surface area contributed by atoms with Crippen molar-refractivity contribution in [2.24, 2.45) is 11.8 Å². The van der Waals surface area contributed by atoms with Crippen LogP contribution in [0.1, 0.15) is 50.7 Å². The number of fused-ring (bicyclic) bond motifs is 1. The van der Waals surface area contributed by atoms with Crippen LogP contribution in [0.15, 0.2) is 60.7 Å². The first kappa shape index (κ1) is 29.8. The van der Waals surface area contributed by atoms with Gasteiger partial charge in [-0.2, -0.15) is 0 Å². The molecule has 0 saturated carbocycles. The minimum Gasteiger partial charge on any atom is -0.352 e. The molecule has 1 saturated heterocycles. The minimum atomic E-state index is -0.868. The van der Waals surface area contributed by atoms with E-state index in [2.05, 4.69) is 5.32 Å². The molecule has 0 aromatic heterocycles. The van der Waals surface area contributed by atoms with Crippen molar-refractivity contribution in [1.82, 2.24) is 15.1 Å². The molecule has 0 bridgehead atoms. The number of halogens is 2. The predicted octanol–water partition coefficient (Wildman–Crippen LogP) is 5.19. The fourth-order valence-corrected chi connectivity index (χ4v) is 5.81. The highest BCUT2D eigenvalue weighted by molar-refractivity contribution is 6.36. The second-order valence-corrected chi connectivity index (χ2v) is 11.3. The van der Waals surface area contributed by atoms with E-state index < -0.39 is 6.04 Å². The van der Waals surface area contributed by atoms with E-state index in [1.807, 2.05) is 56.3 Å². The molecule has 9 heteroatoms. The molecule has 1 fully saturated rings. The van der Waals surface area contributed by atoms with Crippen LogP contribution in [-0.2, 0) is 32.1 Å². The maximum Gasteiger partial charge on any atom is 0.243 e. The number of benzene rings is 2. The van der Waals surface area contributed by atoms with Gasteiger partial charge in [0.05, 0.1) is 11.8 Å². The Morgan fingerprint density at radius 1 is 0.975 bits per heavy atom. The minimum absolute atomic E-state index is 0.000170. The molecule has 1 aliphatic heterocycles. The molecular formula is C31H35Cl2N3O4. The van der Waals surface area contributed by atoms with Crippen molar-refractivity contribution in [2.75, 3.05) is 6.54 Å². The molecule has 1 heterocycles. The molecule has 0 unspecified atom stereocenters. The number of amides is 4. The molecule has 0 radical (unpaired) electrons. The molecule has 212 valence electrons. The summed E-state index contributed by atoms with van der Waals surface area (Å²) in [4.78, 5) is 56.3. The van der Waals surface area contributed by atoms with Crippen LogP contribution in [0.25, 0.3) is 0 Å². The number of carbonyl (C=O) groups is 4. The monoisotopic (exact) mass is 583 g/mol. The highest BCUT2D eigenvalue weighted by Crippen LogP contribution is 2.35. The summed E-state index contributed by atoms with van der Waals surface area (Å²) >= 11 is 13.0. The first-order valence-corrected chi connectivity index (χ1v) is 14.5. The number of hydrogen-bond donors (Lipinski definition) is 1. The molecule has 7 nitrogen and oxygen atoms in total. The van der Waals surface area contributed by atoms with Crippen LogP contribution in [0.4, 0.5) is 0 Å². The Morgan fingerprint density at radius 3 is 2.15 bits per heavy atom. The molecule has 1 N–H and O–H groups in total. The molecule has 2 aliphatic rings. The number of nitrogens with zero attached hydrogens (tertiary/aromatic N) is 2. The van der Waals surface area contributed by atoms with Crippen molar-refractivity contribution in [3.05, 3.63) is 81.9 Å². The summed E-state index contributed by atoms with van der Waals surface area (Å²) in [7, 11) is 0. The molecule has 4 amide bonds. The van der Waals surface area contributed by atoms with E-state index in [1.165, 1.54) is 9.80 Å². The molecule has 2 aromatic carbocycles. The predicted molar refractivity (Wildman–Crippen MR) is 156 cm³/mol. The van der Waals surface area contributed by atoms with E-state index in [4.69, 9.17) is 23.2 Å². The van der Waals surface area contributed by atoms with Crippen LogP contribution in [0.2, 0.25) is 10.0 Å². The first-order chi connectivity index (χ1) is 19.2. The van der Waals surface area contributed by atoms with E-state index in [0.29, 0.717) is 28.5 Å². The van der Waals surface area contributed by atoms with Crippen molar-refractivity contribution in [3.8, 4) is 0 Å². The Balaban J connectivity index is 1.63. The summed E-state index contributed by atoms with van der Waals surface area (Å²) in [6.45, 7) is 3.84. The summed E-state index contributed by atoms with van der Waals surface area (Å²) in [6.07, 6.45) is 5.81. The Kier molecular flexibility index (Phi) is 10.0. The number of hydrogen-bond acceptors (Lipinski definition) is 4. The van der Waals surface area contributed by atoms with Crippen LogP contribution in [0.5, 0.6) is 0 Å². The second kappa shape index (κ2) is 13.5. The van der Waals surface area contributed by atoms with Crippen LogP contribution < -0.4 is 5.32 Å². The molecule has 0 spiro atoms. The van der Waals surface area contributed by atoms with Crippen molar-refractivity contribution in [1.29, 1.82) is 0 Å².